The number of unbranched alkanes of at least 4 members (excludes halogenated alkanes) is 1. The van der Waals surface area contributed by atoms with Crippen LogP contribution < -0.4 is 10.1 Å². The number of nitrogens with one attached hydrogen (secondary N) is 1. The first kappa shape index (κ1) is 19.4. The molecule has 0 aliphatic carbocycles. The standard InChI is InChI=1S/C19H19F2NO4/c1-2-3-10-25-19(24)13-4-7-15(8-5-13)26-12-18(23)22-17-9-6-14(20)11-16(17)21/h4-9,11H,2-3,10,12H2,1H3,(H,22,23). The van der Waals surface area contributed by atoms with Crippen molar-refractivity contribution >= 4 is 17.6 Å². The molecule has 0 unspecified atom stereocenters. The van der Waals surface area contributed by atoms with Crippen molar-refractivity contribution in [1.82, 2.24) is 0 Å². The maximum absolute atomic E-state index is 13.5. The summed E-state index contributed by atoms with van der Waals surface area (Å²) in [4.78, 5) is 23.5. The van der Waals surface area contributed by atoms with Crippen molar-refractivity contribution < 1.29 is 27.8 Å². The van der Waals surface area contributed by atoms with Crippen LogP contribution in [0.1, 0.15) is 30.1 Å². The molecule has 1 amide bonds. The van der Waals surface area contributed by atoms with E-state index in [2.05, 4.69) is 5.32 Å². The molecule has 0 atom stereocenters. The van der Waals surface area contributed by atoms with Crippen LogP contribution in [0.3, 0.4) is 0 Å². The van der Waals surface area contributed by atoms with Gasteiger partial charge in [-0.1, -0.05) is 13.3 Å². The van der Waals surface area contributed by atoms with Crippen LogP contribution in [0.4, 0.5) is 14.5 Å². The minimum absolute atomic E-state index is 0.134. The number of ether oxygens (including phenoxy) is 2. The van der Waals surface area contributed by atoms with Gasteiger partial charge in [-0.2, -0.15) is 0 Å². The van der Waals surface area contributed by atoms with Gasteiger partial charge in [0.2, 0.25) is 0 Å². The number of carbonyl (C=O) groups is 2. The molecule has 7 heteroatoms. The van der Waals surface area contributed by atoms with Gasteiger partial charge in [0.25, 0.3) is 5.91 Å². The minimum atomic E-state index is -0.871. The Labute approximate surface area is 149 Å². The first-order valence-electron chi connectivity index (χ1n) is 8.14. The van der Waals surface area contributed by atoms with Crippen LogP contribution in [0.15, 0.2) is 42.5 Å². The summed E-state index contributed by atoms with van der Waals surface area (Å²) in [6.45, 7) is 2.01. The molecule has 2 rings (SSSR count). The number of hydrogen-bond donors (Lipinski definition) is 1. The van der Waals surface area contributed by atoms with E-state index in [9.17, 15) is 18.4 Å². The molecule has 0 spiro atoms. The highest BCUT2D eigenvalue weighted by Gasteiger charge is 2.10. The van der Waals surface area contributed by atoms with Gasteiger partial charge in [-0.3, -0.25) is 4.79 Å². The molecule has 0 radical (unpaired) electrons. The Hall–Kier alpha value is -2.96. The molecule has 0 heterocycles. The zero-order chi connectivity index (χ0) is 18.9. The van der Waals surface area contributed by atoms with E-state index in [0.29, 0.717) is 24.0 Å². The summed E-state index contributed by atoms with van der Waals surface area (Å²) in [5, 5.41) is 2.29. The summed E-state index contributed by atoms with van der Waals surface area (Å²) in [7, 11) is 0. The number of benzene rings is 2. The van der Waals surface area contributed by atoms with Crippen molar-refractivity contribution in [1.29, 1.82) is 0 Å². The second-order valence-corrected chi connectivity index (χ2v) is 5.47. The van der Waals surface area contributed by atoms with Crippen molar-refractivity contribution in [3.8, 4) is 5.75 Å². The van der Waals surface area contributed by atoms with Crippen molar-refractivity contribution in [2.45, 2.75) is 19.8 Å². The van der Waals surface area contributed by atoms with Crippen LogP contribution >= 0.6 is 0 Å². The quantitative estimate of drug-likeness (QED) is 0.570. The third kappa shape index (κ3) is 5.84. The van der Waals surface area contributed by atoms with Crippen LogP contribution in [0.2, 0.25) is 0 Å². The maximum atomic E-state index is 13.5. The Morgan fingerprint density at radius 2 is 1.81 bits per heavy atom. The topological polar surface area (TPSA) is 64.6 Å². The van der Waals surface area contributed by atoms with E-state index >= 15 is 0 Å². The lowest BCUT2D eigenvalue weighted by Gasteiger charge is -2.09. The summed E-state index contributed by atoms with van der Waals surface area (Å²) in [5.74, 6) is -2.26. The molecule has 0 aliphatic heterocycles. The van der Waals surface area contributed by atoms with Crippen LogP contribution in [0.5, 0.6) is 5.75 Å². The van der Waals surface area contributed by atoms with Gasteiger partial charge in [-0.25, -0.2) is 13.6 Å². The number of carbonyl (C=O) groups excluding carboxylic acids is 2. The summed E-state index contributed by atoms with van der Waals surface area (Å²) in [6, 6.07) is 8.96. The summed E-state index contributed by atoms with van der Waals surface area (Å²) in [6.07, 6.45) is 1.74. The second kappa shape index (κ2) is 9.50. The number of halogens is 2. The van der Waals surface area contributed by atoms with E-state index in [1.807, 2.05) is 6.92 Å². The van der Waals surface area contributed by atoms with Crippen LogP contribution in [0.25, 0.3) is 0 Å². The molecular weight excluding hydrogens is 344 g/mol. The molecule has 0 saturated heterocycles. The maximum Gasteiger partial charge on any atom is 0.338 e. The molecule has 0 saturated carbocycles. The SMILES string of the molecule is CCCCOC(=O)c1ccc(OCC(=O)Nc2ccc(F)cc2F)cc1. The first-order chi connectivity index (χ1) is 12.5. The Bertz CT molecular complexity index is 763. The number of anilines is 1. The summed E-state index contributed by atoms with van der Waals surface area (Å²) in [5.41, 5.74) is 0.247. The average Bonchev–Trinajstić information content (AvgIpc) is 2.63. The molecule has 26 heavy (non-hydrogen) atoms. The molecule has 0 bridgehead atoms. The number of amides is 1. The predicted molar refractivity (Wildman–Crippen MR) is 92.1 cm³/mol. The van der Waals surface area contributed by atoms with E-state index in [4.69, 9.17) is 9.47 Å². The molecule has 138 valence electrons. The highest BCUT2D eigenvalue weighted by molar-refractivity contribution is 5.92. The van der Waals surface area contributed by atoms with E-state index in [0.717, 1.165) is 25.0 Å². The van der Waals surface area contributed by atoms with Crippen molar-refractivity contribution in [2.75, 3.05) is 18.5 Å². The zero-order valence-corrected chi connectivity index (χ0v) is 14.3. The summed E-state index contributed by atoms with van der Waals surface area (Å²) >= 11 is 0. The minimum Gasteiger partial charge on any atom is -0.484 e. The molecule has 1 N–H and O–H groups in total. The van der Waals surface area contributed by atoms with Gasteiger partial charge in [0, 0.05) is 6.07 Å². The number of rotatable bonds is 8. The lowest BCUT2D eigenvalue weighted by Crippen LogP contribution is -2.20. The van der Waals surface area contributed by atoms with Gasteiger partial charge < -0.3 is 14.8 Å². The van der Waals surface area contributed by atoms with Gasteiger partial charge in [0.05, 0.1) is 17.9 Å². The smallest absolute Gasteiger partial charge is 0.338 e. The Morgan fingerprint density at radius 1 is 1.08 bits per heavy atom. The molecule has 2 aromatic carbocycles. The van der Waals surface area contributed by atoms with E-state index in [1.165, 1.54) is 24.3 Å². The van der Waals surface area contributed by atoms with Crippen LogP contribution in [-0.4, -0.2) is 25.1 Å². The fraction of sp³-hybridized carbons (Fsp3) is 0.263. The zero-order valence-electron chi connectivity index (χ0n) is 14.3. The van der Waals surface area contributed by atoms with Gasteiger partial charge in [-0.15, -0.1) is 0 Å². The van der Waals surface area contributed by atoms with E-state index in [-0.39, 0.29) is 12.3 Å². The van der Waals surface area contributed by atoms with Gasteiger partial charge in [-0.05, 0) is 42.8 Å². The third-order valence-corrected chi connectivity index (χ3v) is 3.40. The van der Waals surface area contributed by atoms with Gasteiger partial charge in [0.1, 0.15) is 17.4 Å². The number of esters is 1. The molecule has 0 aliphatic rings. The van der Waals surface area contributed by atoms with Crippen molar-refractivity contribution in [3.05, 3.63) is 59.7 Å². The largest absolute Gasteiger partial charge is 0.484 e. The van der Waals surface area contributed by atoms with Crippen LogP contribution in [-0.2, 0) is 9.53 Å². The first-order valence-corrected chi connectivity index (χ1v) is 8.14. The highest BCUT2D eigenvalue weighted by Crippen LogP contribution is 2.16. The molecular formula is C19H19F2NO4. The fourth-order valence-corrected chi connectivity index (χ4v) is 2.01. The average molecular weight is 363 g/mol. The van der Waals surface area contributed by atoms with E-state index in [1.54, 1.807) is 0 Å². The lowest BCUT2D eigenvalue weighted by atomic mass is 10.2. The normalized spacial score (nSPS) is 10.3. The predicted octanol–water partition coefficient (Wildman–Crippen LogP) is 3.94. The van der Waals surface area contributed by atoms with Gasteiger partial charge in [0.15, 0.2) is 6.61 Å². The monoisotopic (exact) mass is 363 g/mol. The number of hydrogen-bond acceptors (Lipinski definition) is 4. The fourth-order valence-electron chi connectivity index (χ4n) is 2.01. The molecule has 5 nitrogen and oxygen atoms in total. The van der Waals surface area contributed by atoms with Crippen LogP contribution in [0, 0.1) is 11.6 Å². The third-order valence-electron chi connectivity index (χ3n) is 3.40. The molecule has 0 aromatic heterocycles. The molecule has 2 aromatic rings. The lowest BCUT2D eigenvalue weighted by molar-refractivity contribution is -0.118. The van der Waals surface area contributed by atoms with Crippen molar-refractivity contribution in [3.63, 3.8) is 0 Å². The Kier molecular flexibility index (Phi) is 7.08. The Balaban J connectivity index is 1.83. The van der Waals surface area contributed by atoms with Gasteiger partial charge >= 0.3 is 5.97 Å². The second-order valence-electron chi connectivity index (χ2n) is 5.47. The summed E-state index contributed by atoms with van der Waals surface area (Å²) < 4.78 is 36.6. The Morgan fingerprint density at radius 3 is 2.46 bits per heavy atom. The highest BCUT2D eigenvalue weighted by atomic mass is 19.1. The molecule has 0 fully saturated rings. The van der Waals surface area contributed by atoms with E-state index < -0.39 is 23.5 Å². The van der Waals surface area contributed by atoms with Crippen molar-refractivity contribution in [2.24, 2.45) is 0 Å².